The minimum Gasteiger partial charge on any atom is -0.550 e. The summed E-state index contributed by atoms with van der Waals surface area (Å²) in [4.78, 5) is 24.3. The molecule has 1 fully saturated rings. The number of hydrogen-bond donors (Lipinski definition) is 1. The highest BCUT2D eigenvalue weighted by atomic mass is 32.2. The zero-order valence-corrected chi connectivity index (χ0v) is 17.3. The number of anilines is 1. The van der Waals surface area contributed by atoms with Gasteiger partial charge in [0.25, 0.3) is 0 Å². The molecule has 0 unspecified atom stereocenters. The number of hydrogen-bond acceptors (Lipinski definition) is 6. The highest BCUT2D eigenvalue weighted by Gasteiger charge is 2.33. The second kappa shape index (κ2) is 8.64. The van der Waals surface area contributed by atoms with E-state index in [2.05, 4.69) is 5.32 Å². The number of amides is 1. The maximum atomic E-state index is 12.7. The van der Waals surface area contributed by atoms with E-state index in [4.69, 9.17) is 4.74 Å². The summed E-state index contributed by atoms with van der Waals surface area (Å²) in [5, 5.41) is 14.2. The number of carbonyl (C=O) groups excluding carboxylic acids is 2. The molecule has 2 aliphatic rings. The van der Waals surface area contributed by atoms with E-state index < -0.39 is 33.7 Å². The molecule has 8 nitrogen and oxygen atoms in total. The van der Waals surface area contributed by atoms with Crippen molar-refractivity contribution in [3.8, 4) is 0 Å². The van der Waals surface area contributed by atoms with Gasteiger partial charge in [0.05, 0.1) is 24.0 Å². The van der Waals surface area contributed by atoms with Crippen molar-refractivity contribution in [1.29, 1.82) is 0 Å². The Morgan fingerprint density at radius 3 is 2.14 bits per heavy atom. The number of allylic oxidation sites excluding steroid dienone is 2. The Kier molecular flexibility index (Phi) is 6.40. The smallest absolute Gasteiger partial charge is 0.243 e. The summed E-state index contributed by atoms with van der Waals surface area (Å²) < 4.78 is 31.9. The molecule has 0 saturated carbocycles. The second-order valence-electron chi connectivity index (χ2n) is 7.53. The standard InChI is InChI=1S/C20H26N2O6S/c1-13-11-17(18(20(24)25)12-14(13)2)19(23)21-15-3-5-16(6-4-15)29(26,27)22-7-9-28-10-8-22/h3-6,17-18H,7-12H2,1-2H3,(H,21,23)(H,24,25)/p-1/t17-,18+/m1/s1. The predicted octanol–water partition coefficient (Wildman–Crippen LogP) is 0.759. The van der Waals surface area contributed by atoms with E-state index in [0.717, 1.165) is 11.1 Å². The first-order valence-corrected chi connectivity index (χ1v) is 11.0. The van der Waals surface area contributed by atoms with E-state index in [1.54, 1.807) is 0 Å². The number of ether oxygens (including phenoxy) is 1. The molecule has 29 heavy (non-hydrogen) atoms. The summed E-state index contributed by atoms with van der Waals surface area (Å²) >= 11 is 0. The van der Waals surface area contributed by atoms with Crippen molar-refractivity contribution in [2.75, 3.05) is 31.6 Å². The zero-order valence-electron chi connectivity index (χ0n) is 16.5. The van der Waals surface area contributed by atoms with Crippen LogP contribution < -0.4 is 10.4 Å². The van der Waals surface area contributed by atoms with Gasteiger partial charge in [0.1, 0.15) is 0 Å². The Labute approximate surface area is 170 Å². The average Bonchev–Trinajstić information content (AvgIpc) is 2.70. The number of carbonyl (C=O) groups is 2. The Bertz CT molecular complexity index is 917. The minimum absolute atomic E-state index is 0.136. The molecule has 158 valence electrons. The molecule has 1 N–H and O–H groups in total. The zero-order chi connectivity index (χ0) is 21.2. The first-order valence-electron chi connectivity index (χ1n) is 9.55. The van der Waals surface area contributed by atoms with Gasteiger partial charge in [-0.25, -0.2) is 8.42 Å². The molecule has 3 rings (SSSR count). The summed E-state index contributed by atoms with van der Waals surface area (Å²) in [6.45, 7) is 5.10. The fourth-order valence-corrected chi connectivity index (χ4v) is 5.10. The number of sulfonamides is 1. The van der Waals surface area contributed by atoms with E-state index in [9.17, 15) is 23.1 Å². The summed E-state index contributed by atoms with van der Waals surface area (Å²) in [6, 6.07) is 5.89. The van der Waals surface area contributed by atoms with Gasteiger partial charge < -0.3 is 20.0 Å². The molecule has 0 spiro atoms. The van der Waals surface area contributed by atoms with Gasteiger partial charge in [0, 0.05) is 30.7 Å². The number of nitrogens with one attached hydrogen (secondary N) is 1. The van der Waals surface area contributed by atoms with Crippen LogP contribution in [0.25, 0.3) is 0 Å². The third-order valence-electron chi connectivity index (χ3n) is 5.64. The van der Waals surface area contributed by atoms with Gasteiger partial charge in [-0.3, -0.25) is 4.79 Å². The van der Waals surface area contributed by atoms with Crippen molar-refractivity contribution < 1.29 is 27.9 Å². The van der Waals surface area contributed by atoms with Crippen LogP contribution in [0, 0.1) is 11.8 Å². The third-order valence-corrected chi connectivity index (χ3v) is 7.55. The fraction of sp³-hybridized carbons (Fsp3) is 0.500. The molecule has 1 aliphatic heterocycles. The van der Waals surface area contributed by atoms with Crippen LogP contribution in [0.3, 0.4) is 0 Å². The maximum absolute atomic E-state index is 12.7. The molecule has 1 aromatic rings. The first kappa shape index (κ1) is 21.5. The SMILES string of the molecule is CC1=C(C)C[C@@H](C(=O)Nc2ccc(S(=O)(=O)N3CCOCC3)cc2)[C@@H](C(=O)[O-])C1. The fourth-order valence-electron chi connectivity index (χ4n) is 3.70. The van der Waals surface area contributed by atoms with E-state index in [1.807, 2.05) is 13.8 Å². The van der Waals surface area contributed by atoms with Crippen LogP contribution in [0.1, 0.15) is 26.7 Å². The van der Waals surface area contributed by atoms with Crippen LogP contribution in [-0.2, 0) is 24.3 Å². The van der Waals surface area contributed by atoms with Gasteiger partial charge in [-0.1, -0.05) is 11.1 Å². The number of nitrogens with zero attached hydrogens (tertiary/aromatic N) is 1. The van der Waals surface area contributed by atoms with Crippen molar-refractivity contribution in [3.05, 3.63) is 35.4 Å². The Balaban J connectivity index is 1.72. The van der Waals surface area contributed by atoms with Gasteiger partial charge in [0.15, 0.2) is 0 Å². The minimum atomic E-state index is -3.61. The van der Waals surface area contributed by atoms with Crippen molar-refractivity contribution in [2.24, 2.45) is 11.8 Å². The van der Waals surface area contributed by atoms with Crippen LogP contribution in [0.4, 0.5) is 5.69 Å². The molecule has 0 radical (unpaired) electrons. The quantitative estimate of drug-likeness (QED) is 0.702. The van der Waals surface area contributed by atoms with Crippen molar-refractivity contribution in [3.63, 3.8) is 0 Å². The molecule has 2 atom stereocenters. The third kappa shape index (κ3) is 4.68. The topological polar surface area (TPSA) is 116 Å². The van der Waals surface area contributed by atoms with Gasteiger partial charge in [-0.2, -0.15) is 4.31 Å². The Morgan fingerprint density at radius 2 is 1.59 bits per heavy atom. The van der Waals surface area contributed by atoms with E-state index >= 15 is 0 Å². The summed E-state index contributed by atoms with van der Waals surface area (Å²) in [5.41, 5.74) is 2.40. The van der Waals surface area contributed by atoms with Gasteiger partial charge in [0.2, 0.25) is 15.9 Å². The molecule has 0 bridgehead atoms. The predicted molar refractivity (Wildman–Crippen MR) is 104 cm³/mol. The molecule has 1 heterocycles. The molecule has 9 heteroatoms. The molecule has 1 aromatic carbocycles. The molecule has 0 aromatic heterocycles. The lowest BCUT2D eigenvalue weighted by molar-refractivity contribution is -0.313. The largest absolute Gasteiger partial charge is 0.550 e. The lowest BCUT2D eigenvalue weighted by Crippen LogP contribution is -2.42. The van der Waals surface area contributed by atoms with Crippen molar-refractivity contribution in [2.45, 2.75) is 31.6 Å². The van der Waals surface area contributed by atoms with Gasteiger partial charge >= 0.3 is 0 Å². The lowest BCUT2D eigenvalue weighted by Gasteiger charge is -2.32. The van der Waals surface area contributed by atoms with Crippen LogP contribution in [0.2, 0.25) is 0 Å². The number of carboxylic acids is 1. The van der Waals surface area contributed by atoms with Crippen molar-refractivity contribution >= 4 is 27.6 Å². The number of benzene rings is 1. The molecule has 1 amide bonds. The van der Waals surface area contributed by atoms with Crippen LogP contribution in [0.15, 0.2) is 40.3 Å². The molecule has 1 saturated heterocycles. The van der Waals surface area contributed by atoms with Gasteiger partial charge in [-0.05, 0) is 51.0 Å². The number of carboxylic acid groups (broad SMARTS) is 1. The first-order chi connectivity index (χ1) is 13.7. The molecule has 1 aliphatic carbocycles. The Hall–Kier alpha value is -2.23. The number of rotatable bonds is 5. The monoisotopic (exact) mass is 421 g/mol. The Morgan fingerprint density at radius 1 is 1.03 bits per heavy atom. The second-order valence-corrected chi connectivity index (χ2v) is 9.47. The number of morpholine rings is 1. The normalized spacial score (nSPS) is 23.7. The lowest BCUT2D eigenvalue weighted by atomic mass is 9.76. The van der Waals surface area contributed by atoms with Crippen LogP contribution >= 0.6 is 0 Å². The summed E-state index contributed by atoms with van der Waals surface area (Å²) in [7, 11) is -3.61. The molecular weight excluding hydrogens is 396 g/mol. The van der Waals surface area contributed by atoms with E-state index in [0.29, 0.717) is 44.8 Å². The van der Waals surface area contributed by atoms with Gasteiger partial charge in [-0.15, -0.1) is 0 Å². The number of aliphatic carboxylic acids is 1. The van der Waals surface area contributed by atoms with E-state index in [1.165, 1.54) is 28.6 Å². The molecular formula is C20H25N2O6S-. The highest BCUT2D eigenvalue weighted by molar-refractivity contribution is 7.89. The van der Waals surface area contributed by atoms with Crippen LogP contribution in [0.5, 0.6) is 0 Å². The summed E-state index contributed by atoms with van der Waals surface area (Å²) in [5.74, 6) is -3.24. The van der Waals surface area contributed by atoms with Crippen LogP contribution in [-0.4, -0.2) is 50.9 Å². The van der Waals surface area contributed by atoms with Crippen molar-refractivity contribution in [1.82, 2.24) is 4.31 Å². The maximum Gasteiger partial charge on any atom is 0.243 e. The summed E-state index contributed by atoms with van der Waals surface area (Å²) in [6.07, 6.45) is 0.656. The van der Waals surface area contributed by atoms with E-state index in [-0.39, 0.29) is 4.90 Å². The average molecular weight is 421 g/mol. The highest BCUT2D eigenvalue weighted by Crippen LogP contribution is 2.34.